The van der Waals surface area contributed by atoms with Gasteiger partial charge in [0, 0.05) is 25.6 Å². The third kappa shape index (κ3) is 2.57. The third-order valence-corrected chi connectivity index (χ3v) is 4.89. The number of benzene rings is 2. The molecule has 1 aliphatic heterocycles. The SMILES string of the molecule is Ic1ccccc1/C=C1\CNc2ccccc2S1. The van der Waals surface area contributed by atoms with E-state index in [9.17, 15) is 0 Å². The number of hydrogen-bond donors (Lipinski definition) is 1. The largest absolute Gasteiger partial charge is 0.380 e. The van der Waals surface area contributed by atoms with Gasteiger partial charge in [-0.15, -0.1) is 0 Å². The van der Waals surface area contributed by atoms with E-state index in [2.05, 4.69) is 82.5 Å². The second kappa shape index (κ2) is 5.36. The van der Waals surface area contributed by atoms with Gasteiger partial charge in [-0.1, -0.05) is 42.1 Å². The summed E-state index contributed by atoms with van der Waals surface area (Å²) in [7, 11) is 0. The molecule has 3 rings (SSSR count). The van der Waals surface area contributed by atoms with Gasteiger partial charge in [0.15, 0.2) is 0 Å². The van der Waals surface area contributed by atoms with Crippen LogP contribution in [0.5, 0.6) is 0 Å². The Morgan fingerprint density at radius 3 is 2.72 bits per heavy atom. The fraction of sp³-hybridized carbons (Fsp3) is 0.0667. The molecule has 0 atom stereocenters. The topological polar surface area (TPSA) is 12.0 Å². The van der Waals surface area contributed by atoms with Crippen LogP contribution in [0.15, 0.2) is 58.3 Å². The van der Waals surface area contributed by atoms with Gasteiger partial charge in [0.1, 0.15) is 0 Å². The summed E-state index contributed by atoms with van der Waals surface area (Å²) in [5.41, 5.74) is 2.53. The normalized spacial score (nSPS) is 16.2. The molecule has 0 amide bonds. The molecular formula is C15H12INS. The highest BCUT2D eigenvalue weighted by atomic mass is 127. The number of anilines is 1. The average Bonchev–Trinajstić information content (AvgIpc) is 2.41. The number of hydrogen-bond acceptors (Lipinski definition) is 2. The Labute approximate surface area is 125 Å². The van der Waals surface area contributed by atoms with Crippen molar-refractivity contribution in [2.24, 2.45) is 0 Å². The third-order valence-electron chi connectivity index (χ3n) is 2.80. The van der Waals surface area contributed by atoms with E-state index in [1.54, 1.807) is 0 Å². The Morgan fingerprint density at radius 2 is 1.83 bits per heavy atom. The monoisotopic (exact) mass is 365 g/mol. The molecule has 0 bridgehead atoms. The molecule has 90 valence electrons. The molecule has 2 aromatic carbocycles. The lowest BCUT2D eigenvalue weighted by Gasteiger charge is -2.19. The van der Waals surface area contributed by atoms with Crippen LogP contribution in [0, 0.1) is 3.57 Å². The van der Waals surface area contributed by atoms with Crippen LogP contribution in [0.1, 0.15) is 5.56 Å². The Bertz CT molecular complexity index is 607. The van der Waals surface area contributed by atoms with Crippen LogP contribution in [0.3, 0.4) is 0 Å². The van der Waals surface area contributed by atoms with Crippen molar-refractivity contribution in [2.45, 2.75) is 4.90 Å². The number of thioether (sulfide) groups is 1. The lowest BCUT2D eigenvalue weighted by atomic mass is 10.2. The first-order valence-electron chi connectivity index (χ1n) is 5.79. The molecule has 18 heavy (non-hydrogen) atoms. The summed E-state index contributed by atoms with van der Waals surface area (Å²) in [6.45, 7) is 0.909. The van der Waals surface area contributed by atoms with Crippen molar-refractivity contribution in [3.8, 4) is 0 Å². The maximum Gasteiger partial charge on any atom is 0.0484 e. The fourth-order valence-electron chi connectivity index (χ4n) is 1.91. The minimum atomic E-state index is 0.909. The van der Waals surface area contributed by atoms with E-state index in [0.29, 0.717) is 0 Å². The molecule has 1 N–H and O–H groups in total. The summed E-state index contributed by atoms with van der Waals surface area (Å²) < 4.78 is 1.29. The summed E-state index contributed by atoms with van der Waals surface area (Å²) >= 11 is 4.24. The zero-order valence-electron chi connectivity index (χ0n) is 9.69. The Balaban J connectivity index is 1.90. The molecule has 0 radical (unpaired) electrons. The second-order valence-electron chi connectivity index (χ2n) is 4.08. The van der Waals surface area contributed by atoms with Crippen LogP contribution < -0.4 is 5.32 Å². The fourth-order valence-corrected chi connectivity index (χ4v) is 3.46. The first kappa shape index (κ1) is 12.1. The van der Waals surface area contributed by atoms with Crippen molar-refractivity contribution in [1.82, 2.24) is 0 Å². The molecule has 1 aliphatic rings. The van der Waals surface area contributed by atoms with Crippen molar-refractivity contribution in [3.63, 3.8) is 0 Å². The quantitative estimate of drug-likeness (QED) is 0.725. The standard InChI is InChI=1S/C15H12INS/c16-13-6-2-1-5-11(13)9-12-10-17-14-7-3-4-8-15(14)18-12/h1-9,17H,10H2/b12-9+. The van der Waals surface area contributed by atoms with Crippen LogP contribution in [-0.2, 0) is 0 Å². The molecule has 1 nitrogen and oxygen atoms in total. The molecule has 0 spiro atoms. The van der Waals surface area contributed by atoms with Crippen LogP contribution >= 0.6 is 34.4 Å². The number of fused-ring (bicyclic) bond motifs is 1. The van der Waals surface area contributed by atoms with Gasteiger partial charge in [0.05, 0.1) is 0 Å². The van der Waals surface area contributed by atoms with Gasteiger partial charge in [0.2, 0.25) is 0 Å². The highest BCUT2D eigenvalue weighted by Crippen LogP contribution is 2.38. The lowest BCUT2D eigenvalue weighted by Crippen LogP contribution is -2.08. The van der Waals surface area contributed by atoms with Gasteiger partial charge in [-0.05, 0) is 52.4 Å². The number of nitrogens with one attached hydrogen (secondary N) is 1. The highest BCUT2D eigenvalue weighted by molar-refractivity contribution is 14.1. The van der Waals surface area contributed by atoms with E-state index in [-0.39, 0.29) is 0 Å². The molecule has 0 unspecified atom stereocenters. The summed E-state index contributed by atoms with van der Waals surface area (Å²) in [4.78, 5) is 2.67. The maximum absolute atomic E-state index is 3.46. The Kier molecular flexibility index (Phi) is 3.61. The van der Waals surface area contributed by atoms with Crippen LogP contribution in [-0.4, -0.2) is 6.54 Å². The zero-order valence-corrected chi connectivity index (χ0v) is 12.7. The number of rotatable bonds is 1. The first-order chi connectivity index (χ1) is 8.83. The summed E-state index contributed by atoms with van der Waals surface area (Å²) in [6, 6.07) is 16.9. The van der Waals surface area contributed by atoms with Gasteiger partial charge >= 0.3 is 0 Å². The molecule has 0 saturated carbocycles. The van der Waals surface area contributed by atoms with Crippen LogP contribution in [0.4, 0.5) is 5.69 Å². The molecular weight excluding hydrogens is 353 g/mol. The van der Waals surface area contributed by atoms with Crippen LogP contribution in [0.25, 0.3) is 6.08 Å². The van der Waals surface area contributed by atoms with Crippen molar-refractivity contribution >= 4 is 46.1 Å². The Morgan fingerprint density at radius 1 is 1.06 bits per heavy atom. The predicted molar refractivity (Wildman–Crippen MR) is 87.9 cm³/mol. The van der Waals surface area contributed by atoms with E-state index >= 15 is 0 Å². The first-order valence-corrected chi connectivity index (χ1v) is 7.68. The predicted octanol–water partition coefficient (Wildman–Crippen LogP) is 4.85. The highest BCUT2D eigenvalue weighted by Gasteiger charge is 2.12. The summed E-state index contributed by atoms with van der Waals surface area (Å²) in [6.07, 6.45) is 2.27. The summed E-state index contributed by atoms with van der Waals surface area (Å²) in [5.74, 6) is 0. The van der Waals surface area contributed by atoms with Gasteiger partial charge in [-0.2, -0.15) is 0 Å². The van der Waals surface area contributed by atoms with Crippen molar-refractivity contribution in [1.29, 1.82) is 0 Å². The molecule has 0 aromatic heterocycles. The molecule has 1 heterocycles. The Hall–Kier alpha value is -0.940. The van der Waals surface area contributed by atoms with Gasteiger partial charge in [-0.3, -0.25) is 0 Å². The van der Waals surface area contributed by atoms with Gasteiger partial charge in [-0.25, -0.2) is 0 Å². The van der Waals surface area contributed by atoms with Crippen molar-refractivity contribution in [2.75, 3.05) is 11.9 Å². The average molecular weight is 365 g/mol. The molecule has 0 aliphatic carbocycles. The molecule has 0 fully saturated rings. The molecule has 3 heteroatoms. The van der Waals surface area contributed by atoms with E-state index in [1.807, 2.05) is 11.8 Å². The number of halogens is 1. The summed E-state index contributed by atoms with van der Waals surface area (Å²) in [5, 5.41) is 3.46. The minimum absolute atomic E-state index is 0.909. The zero-order chi connectivity index (χ0) is 12.4. The molecule has 0 saturated heterocycles. The van der Waals surface area contributed by atoms with Crippen molar-refractivity contribution in [3.05, 3.63) is 62.6 Å². The molecule has 2 aromatic rings. The smallest absolute Gasteiger partial charge is 0.0484 e. The van der Waals surface area contributed by atoms with Crippen molar-refractivity contribution < 1.29 is 0 Å². The van der Waals surface area contributed by atoms with E-state index in [4.69, 9.17) is 0 Å². The van der Waals surface area contributed by atoms with E-state index in [1.165, 1.54) is 24.6 Å². The minimum Gasteiger partial charge on any atom is -0.380 e. The lowest BCUT2D eigenvalue weighted by molar-refractivity contribution is 1.24. The van der Waals surface area contributed by atoms with Crippen LogP contribution in [0.2, 0.25) is 0 Å². The van der Waals surface area contributed by atoms with E-state index in [0.717, 1.165) is 6.54 Å². The van der Waals surface area contributed by atoms with E-state index < -0.39 is 0 Å². The number of para-hydroxylation sites is 1. The van der Waals surface area contributed by atoms with Gasteiger partial charge < -0.3 is 5.32 Å². The van der Waals surface area contributed by atoms with Gasteiger partial charge in [0.25, 0.3) is 0 Å². The maximum atomic E-state index is 3.46. The second-order valence-corrected chi connectivity index (χ2v) is 6.41.